The Bertz CT molecular complexity index is 1170. The summed E-state index contributed by atoms with van der Waals surface area (Å²) in [6.07, 6.45) is 1.44. The molecule has 1 atom stereocenters. The quantitative estimate of drug-likeness (QED) is 0.517. The van der Waals surface area contributed by atoms with E-state index in [4.69, 9.17) is 4.74 Å². The lowest BCUT2D eigenvalue weighted by Crippen LogP contribution is -2.55. The Kier molecular flexibility index (Phi) is 9.54. The van der Waals surface area contributed by atoms with E-state index in [9.17, 15) is 18.0 Å². The first kappa shape index (κ1) is 29.2. The Morgan fingerprint density at radius 2 is 1.64 bits per heavy atom. The average molecular weight is 518 g/mol. The van der Waals surface area contributed by atoms with E-state index in [2.05, 4.69) is 5.32 Å². The van der Waals surface area contributed by atoms with E-state index < -0.39 is 34.1 Å². The van der Waals surface area contributed by atoms with E-state index >= 15 is 0 Å². The van der Waals surface area contributed by atoms with Crippen molar-refractivity contribution in [2.75, 3.05) is 24.2 Å². The van der Waals surface area contributed by atoms with Crippen LogP contribution in [0.25, 0.3) is 0 Å². The van der Waals surface area contributed by atoms with Crippen LogP contribution in [0.2, 0.25) is 0 Å². The minimum absolute atomic E-state index is 0.142. The van der Waals surface area contributed by atoms with Gasteiger partial charge in [-0.1, -0.05) is 25.1 Å². The Hall–Kier alpha value is -3.07. The molecule has 2 amide bonds. The SMILES string of the molecule is CCC(C(=O)NC(C)(C)C)N(Cc1ccc(OC)cc1)C(=O)CN(c1ccc(C)c(C)c1)S(C)(=O)=O. The molecule has 0 aliphatic carbocycles. The summed E-state index contributed by atoms with van der Waals surface area (Å²) in [4.78, 5) is 28.4. The van der Waals surface area contributed by atoms with Crippen molar-refractivity contribution in [1.82, 2.24) is 10.2 Å². The van der Waals surface area contributed by atoms with E-state index in [1.54, 1.807) is 31.4 Å². The van der Waals surface area contributed by atoms with Gasteiger partial charge in [-0.15, -0.1) is 0 Å². The molecular weight excluding hydrogens is 478 g/mol. The number of carbonyl (C=O) groups is 2. The van der Waals surface area contributed by atoms with E-state index in [1.807, 2.05) is 59.7 Å². The molecule has 8 nitrogen and oxygen atoms in total. The molecule has 0 fully saturated rings. The van der Waals surface area contributed by atoms with Crippen LogP contribution in [0.1, 0.15) is 50.8 Å². The van der Waals surface area contributed by atoms with Crippen molar-refractivity contribution in [3.05, 3.63) is 59.2 Å². The van der Waals surface area contributed by atoms with Crippen molar-refractivity contribution in [3.8, 4) is 5.75 Å². The number of amides is 2. The first-order chi connectivity index (χ1) is 16.7. The molecule has 0 heterocycles. The zero-order chi connectivity index (χ0) is 27.3. The van der Waals surface area contributed by atoms with Crippen LogP contribution in [0.4, 0.5) is 5.69 Å². The summed E-state index contributed by atoms with van der Waals surface area (Å²) >= 11 is 0. The van der Waals surface area contributed by atoms with Crippen LogP contribution in [0.3, 0.4) is 0 Å². The second-order valence-corrected chi connectivity index (χ2v) is 12.0. The van der Waals surface area contributed by atoms with Gasteiger partial charge in [0.15, 0.2) is 0 Å². The zero-order valence-electron chi connectivity index (χ0n) is 22.6. The lowest BCUT2D eigenvalue weighted by Gasteiger charge is -2.34. The summed E-state index contributed by atoms with van der Waals surface area (Å²) in [6.45, 7) is 11.0. The van der Waals surface area contributed by atoms with Crippen molar-refractivity contribution in [1.29, 1.82) is 0 Å². The predicted octanol–water partition coefficient (Wildman–Crippen LogP) is 3.80. The largest absolute Gasteiger partial charge is 0.497 e. The van der Waals surface area contributed by atoms with E-state index in [1.165, 1.54) is 4.90 Å². The molecule has 2 aromatic rings. The number of aryl methyl sites for hydroxylation is 2. The molecule has 9 heteroatoms. The second-order valence-electron chi connectivity index (χ2n) is 10.1. The third kappa shape index (κ3) is 7.98. The van der Waals surface area contributed by atoms with Gasteiger partial charge in [-0.25, -0.2) is 8.42 Å². The number of methoxy groups -OCH3 is 1. The Labute approximate surface area is 215 Å². The Morgan fingerprint density at radius 1 is 1.03 bits per heavy atom. The van der Waals surface area contributed by atoms with Crippen LogP contribution < -0.4 is 14.4 Å². The number of ether oxygens (including phenoxy) is 1. The first-order valence-electron chi connectivity index (χ1n) is 12.0. The predicted molar refractivity (Wildman–Crippen MR) is 144 cm³/mol. The number of hydrogen-bond donors (Lipinski definition) is 1. The number of anilines is 1. The van der Waals surface area contributed by atoms with Crippen LogP contribution in [0.15, 0.2) is 42.5 Å². The summed E-state index contributed by atoms with van der Waals surface area (Å²) in [5.74, 6) is -0.0820. The van der Waals surface area contributed by atoms with E-state index in [-0.39, 0.29) is 12.5 Å². The molecule has 0 bridgehead atoms. The average Bonchev–Trinajstić information content (AvgIpc) is 2.77. The Morgan fingerprint density at radius 3 is 2.11 bits per heavy atom. The van der Waals surface area contributed by atoms with Gasteiger partial charge in [0.05, 0.1) is 19.1 Å². The molecule has 36 heavy (non-hydrogen) atoms. The molecule has 0 aromatic heterocycles. The van der Waals surface area contributed by atoms with Gasteiger partial charge >= 0.3 is 0 Å². The third-order valence-corrected chi connectivity index (χ3v) is 6.99. The van der Waals surface area contributed by atoms with Gasteiger partial charge in [0.25, 0.3) is 0 Å². The molecule has 0 aliphatic heterocycles. The Balaban J connectivity index is 2.47. The second kappa shape index (κ2) is 11.8. The third-order valence-electron chi connectivity index (χ3n) is 5.85. The molecule has 0 aliphatic rings. The number of rotatable bonds is 10. The highest BCUT2D eigenvalue weighted by Crippen LogP contribution is 2.23. The molecule has 0 radical (unpaired) electrons. The van der Waals surface area contributed by atoms with Crippen molar-refractivity contribution in [2.45, 2.75) is 66.1 Å². The molecule has 2 aromatic carbocycles. The molecule has 1 unspecified atom stereocenters. The maximum absolute atomic E-state index is 13.7. The van der Waals surface area contributed by atoms with Crippen molar-refractivity contribution >= 4 is 27.5 Å². The molecule has 0 spiro atoms. The highest BCUT2D eigenvalue weighted by molar-refractivity contribution is 7.92. The first-order valence-corrected chi connectivity index (χ1v) is 13.8. The fourth-order valence-corrected chi connectivity index (χ4v) is 4.64. The summed E-state index contributed by atoms with van der Waals surface area (Å²) in [5, 5.41) is 2.95. The lowest BCUT2D eigenvalue weighted by molar-refractivity contribution is -0.141. The molecule has 0 saturated heterocycles. The molecule has 0 saturated carbocycles. The maximum atomic E-state index is 13.7. The van der Waals surface area contributed by atoms with Crippen molar-refractivity contribution < 1.29 is 22.7 Å². The van der Waals surface area contributed by atoms with Crippen molar-refractivity contribution in [3.63, 3.8) is 0 Å². The number of hydrogen-bond acceptors (Lipinski definition) is 5. The number of nitrogens with one attached hydrogen (secondary N) is 1. The maximum Gasteiger partial charge on any atom is 0.244 e. The zero-order valence-corrected chi connectivity index (χ0v) is 23.4. The summed E-state index contributed by atoms with van der Waals surface area (Å²) in [5.41, 5.74) is 2.65. The number of benzene rings is 2. The number of sulfonamides is 1. The summed E-state index contributed by atoms with van der Waals surface area (Å²) < 4.78 is 31.8. The van der Waals surface area contributed by atoms with Crippen molar-refractivity contribution in [2.24, 2.45) is 0 Å². The topological polar surface area (TPSA) is 96.0 Å². The van der Waals surface area contributed by atoms with Gasteiger partial charge in [0, 0.05) is 12.1 Å². The number of carbonyl (C=O) groups excluding carboxylic acids is 2. The van der Waals surface area contributed by atoms with Gasteiger partial charge < -0.3 is 15.0 Å². The number of nitrogens with zero attached hydrogens (tertiary/aromatic N) is 2. The highest BCUT2D eigenvalue weighted by Gasteiger charge is 2.33. The monoisotopic (exact) mass is 517 g/mol. The van der Waals surface area contributed by atoms with Gasteiger partial charge in [0.1, 0.15) is 18.3 Å². The molecular formula is C27H39N3O5S. The van der Waals surface area contributed by atoms with Gasteiger partial charge in [0.2, 0.25) is 21.8 Å². The minimum atomic E-state index is -3.77. The van der Waals surface area contributed by atoms with E-state index in [0.29, 0.717) is 17.9 Å². The fraction of sp³-hybridized carbons (Fsp3) is 0.481. The van der Waals surface area contributed by atoms with Crippen LogP contribution >= 0.6 is 0 Å². The standard InChI is InChI=1S/C27H39N3O5S/c1-9-24(26(32)28-27(4,5)6)29(17-21-11-14-23(35-7)15-12-21)25(31)18-30(36(8,33)34)22-13-10-19(2)20(3)16-22/h10-16,24H,9,17-18H2,1-8H3,(H,28,32). The highest BCUT2D eigenvalue weighted by atomic mass is 32.2. The van der Waals surface area contributed by atoms with Gasteiger partial charge in [-0.05, 0) is 82.0 Å². The molecule has 198 valence electrons. The normalized spacial score (nSPS) is 12.6. The summed E-state index contributed by atoms with van der Waals surface area (Å²) in [7, 11) is -2.20. The van der Waals surface area contributed by atoms with Gasteiger partial charge in [-0.3, -0.25) is 13.9 Å². The fourth-order valence-electron chi connectivity index (χ4n) is 3.79. The smallest absolute Gasteiger partial charge is 0.244 e. The van der Waals surface area contributed by atoms with Crippen LogP contribution in [0, 0.1) is 13.8 Å². The molecule has 2 rings (SSSR count). The molecule has 1 N–H and O–H groups in total. The van der Waals surface area contributed by atoms with Gasteiger partial charge in [-0.2, -0.15) is 0 Å². The van der Waals surface area contributed by atoms with Crippen LogP contribution in [-0.2, 0) is 26.2 Å². The summed E-state index contributed by atoms with van der Waals surface area (Å²) in [6, 6.07) is 11.7. The lowest BCUT2D eigenvalue weighted by atomic mass is 10.1. The van der Waals surface area contributed by atoms with Crippen LogP contribution in [0.5, 0.6) is 5.75 Å². The van der Waals surface area contributed by atoms with E-state index in [0.717, 1.165) is 27.3 Å². The minimum Gasteiger partial charge on any atom is -0.497 e. The van der Waals surface area contributed by atoms with Crippen LogP contribution in [-0.4, -0.2) is 56.6 Å².